The Morgan fingerprint density at radius 2 is 1.96 bits per heavy atom. The van der Waals surface area contributed by atoms with E-state index in [2.05, 4.69) is 16.0 Å². The van der Waals surface area contributed by atoms with Crippen molar-refractivity contribution in [1.29, 1.82) is 0 Å². The normalized spacial score (nSPS) is 33.2. The Hall–Kier alpha value is -1.90. The monoisotopic (exact) mass is 411 g/mol. The van der Waals surface area contributed by atoms with Gasteiger partial charge in [0.05, 0.1) is 10.9 Å². The highest BCUT2D eigenvalue weighted by atomic mass is 35.5. The summed E-state index contributed by atoms with van der Waals surface area (Å²) >= 11 is 5.61. The lowest BCUT2D eigenvalue weighted by atomic mass is 9.44. The largest absolute Gasteiger partial charge is 0.484 e. The van der Waals surface area contributed by atoms with Crippen LogP contribution in [-0.4, -0.2) is 47.4 Å². The maximum absolute atomic E-state index is 13.4. The highest BCUT2D eigenvalue weighted by Gasteiger charge is 2.69. The quantitative estimate of drug-likeness (QED) is 0.561. The zero-order valence-electron chi connectivity index (χ0n) is 15.3. The van der Waals surface area contributed by atoms with Gasteiger partial charge in [-0.3, -0.25) is 14.9 Å². The average molecular weight is 412 g/mol. The molecule has 4 N–H and O–H groups in total. The fourth-order valence-corrected chi connectivity index (χ4v) is 4.65. The third-order valence-electron chi connectivity index (χ3n) is 5.84. The summed E-state index contributed by atoms with van der Waals surface area (Å²) in [4.78, 5) is 24.5. The van der Waals surface area contributed by atoms with E-state index in [1.807, 2.05) is 0 Å². The molecule has 4 fully saturated rings. The second-order valence-corrected chi connectivity index (χ2v) is 8.60. The Morgan fingerprint density at radius 1 is 1.25 bits per heavy atom. The van der Waals surface area contributed by atoms with Crippen molar-refractivity contribution in [3.8, 4) is 5.75 Å². The molecule has 1 heterocycles. The zero-order chi connectivity index (χ0) is 19.9. The van der Waals surface area contributed by atoms with Crippen LogP contribution in [0.15, 0.2) is 18.2 Å². The molecule has 9 heteroatoms. The number of hydrogen-bond acceptors (Lipinski definition) is 5. The van der Waals surface area contributed by atoms with Gasteiger partial charge in [0.2, 0.25) is 5.91 Å². The summed E-state index contributed by atoms with van der Waals surface area (Å²) in [5.74, 6) is -0.757. The molecular weight excluding hydrogens is 389 g/mol. The van der Waals surface area contributed by atoms with Crippen molar-refractivity contribution in [2.45, 2.75) is 49.4 Å². The summed E-state index contributed by atoms with van der Waals surface area (Å²) in [6.07, 6.45) is 2.83. The van der Waals surface area contributed by atoms with Crippen molar-refractivity contribution >= 4 is 23.4 Å². The maximum Gasteiger partial charge on any atom is 0.258 e. The van der Waals surface area contributed by atoms with Crippen LogP contribution in [0.2, 0.25) is 5.02 Å². The summed E-state index contributed by atoms with van der Waals surface area (Å²) in [7, 11) is 0. The van der Waals surface area contributed by atoms with E-state index in [1.165, 1.54) is 12.1 Å². The number of carbonyl (C=O) groups is 2. The number of rotatable bonds is 6. The van der Waals surface area contributed by atoms with Crippen LogP contribution in [0.5, 0.6) is 5.75 Å². The lowest BCUT2D eigenvalue weighted by Crippen LogP contribution is -2.84. The van der Waals surface area contributed by atoms with Crippen molar-refractivity contribution in [1.82, 2.24) is 16.0 Å². The van der Waals surface area contributed by atoms with Gasteiger partial charge in [-0.25, -0.2) is 4.39 Å². The van der Waals surface area contributed by atoms with Crippen molar-refractivity contribution in [2.75, 3.05) is 13.2 Å². The number of carbonyl (C=O) groups excluding carboxylic acids is 2. The van der Waals surface area contributed by atoms with Gasteiger partial charge in [-0.05, 0) is 44.2 Å². The molecule has 0 spiro atoms. The first-order valence-corrected chi connectivity index (χ1v) is 9.78. The van der Waals surface area contributed by atoms with Crippen molar-refractivity contribution < 1.29 is 23.8 Å². The number of aliphatic hydroxyl groups excluding tert-OH is 1. The van der Waals surface area contributed by atoms with Crippen LogP contribution < -0.4 is 20.7 Å². The molecule has 0 aromatic heterocycles. The van der Waals surface area contributed by atoms with Crippen LogP contribution in [0.25, 0.3) is 0 Å². The summed E-state index contributed by atoms with van der Waals surface area (Å²) < 4.78 is 18.7. The molecule has 3 saturated carbocycles. The van der Waals surface area contributed by atoms with Crippen LogP contribution in [0.4, 0.5) is 4.39 Å². The van der Waals surface area contributed by atoms with Crippen molar-refractivity contribution in [3.63, 3.8) is 0 Å². The molecule has 2 unspecified atom stereocenters. The van der Waals surface area contributed by atoms with E-state index < -0.39 is 12.0 Å². The van der Waals surface area contributed by atoms with Crippen molar-refractivity contribution in [3.05, 3.63) is 29.0 Å². The number of aliphatic hydroxyl groups is 1. The lowest BCUT2D eigenvalue weighted by Gasteiger charge is -2.70. The van der Waals surface area contributed by atoms with Crippen LogP contribution in [0.1, 0.15) is 32.1 Å². The Balaban J connectivity index is 1.19. The fraction of sp³-hybridized carbons (Fsp3) is 0.579. The maximum atomic E-state index is 13.4. The average Bonchev–Trinajstić information content (AvgIpc) is 2.60. The summed E-state index contributed by atoms with van der Waals surface area (Å²) in [5.41, 5.74) is -0.499. The standard InChI is InChI=1S/C19H23ClFN3O4/c20-13-3-2-12(5-14(13)21)28-7-16(26)23-18-8-19(9-18,10-18)24-17(27)11-1-4-15(25)22-6-11/h2-3,5,11,15,22,25H,1,4,6-10H2,(H,23,26)(H,24,27). The van der Waals surface area contributed by atoms with E-state index in [4.69, 9.17) is 16.3 Å². The van der Waals surface area contributed by atoms with E-state index >= 15 is 0 Å². The van der Waals surface area contributed by atoms with E-state index in [9.17, 15) is 19.1 Å². The first-order chi connectivity index (χ1) is 13.3. The molecule has 1 aromatic rings. The van der Waals surface area contributed by atoms with Gasteiger partial charge < -0.3 is 20.5 Å². The minimum absolute atomic E-state index is 0.00167. The summed E-state index contributed by atoms with van der Waals surface area (Å²) in [5, 5.41) is 18.4. The predicted octanol–water partition coefficient (Wildman–Crippen LogP) is 1.08. The Bertz CT molecular complexity index is 778. The third kappa shape index (κ3) is 3.81. The molecule has 0 radical (unpaired) electrons. The molecule has 7 nitrogen and oxygen atoms in total. The Labute approximate surface area is 167 Å². The number of piperidine rings is 1. The Morgan fingerprint density at radius 3 is 2.61 bits per heavy atom. The second kappa shape index (κ2) is 7.17. The van der Waals surface area contributed by atoms with Crippen molar-refractivity contribution in [2.24, 2.45) is 5.92 Å². The number of ether oxygens (including phenoxy) is 1. The molecule has 2 amide bonds. The molecule has 1 aliphatic heterocycles. The topological polar surface area (TPSA) is 99.7 Å². The number of amides is 2. The molecule has 28 heavy (non-hydrogen) atoms. The first kappa shape index (κ1) is 19.4. The molecule has 5 rings (SSSR count). The van der Waals surface area contributed by atoms with Crippen LogP contribution >= 0.6 is 11.6 Å². The molecule has 152 valence electrons. The minimum atomic E-state index is -0.598. The fourth-order valence-electron chi connectivity index (χ4n) is 4.53. The van der Waals surface area contributed by atoms with Crippen LogP contribution in [0.3, 0.4) is 0 Å². The first-order valence-electron chi connectivity index (χ1n) is 9.41. The number of hydrogen-bond donors (Lipinski definition) is 4. The number of benzene rings is 1. The minimum Gasteiger partial charge on any atom is -0.484 e. The second-order valence-electron chi connectivity index (χ2n) is 8.19. The Kier molecular flexibility index (Phi) is 4.97. The van der Waals surface area contributed by atoms with Gasteiger partial charge >= 0.3 is 0 Å². The predicted molar refractivity (Wildman–Crippen MR) is 99.2 cm³/mol. The highest BCUT2D eigenvalue weighted by molar-refractivity contribution is 6.30. The van der Waals surface area contributed by atoms with Gasteiger partial charge in [0.1, 0.15) is 17.8 Å². The van der Waals surface area contributed by atoms with Gasteiger partial charge in [-0.1, -0.05) is 11.6 Å². The van der Waals surface area contributed by atoms with Crippen LogP contribution in [0, 0.1) is 11.7 Å². The summed E-state index contributed by atoms with van der Waals surface area (Å²) in [6.45, 7) is 0.270. The molecule has 4 aliphatic rings. The SMILES string of the molecule is O=C(COc1ccc(Cl)c(F)c1)NC12CC(NC(=O)C3CCC(O)NC3)(C1)C2. The molecular formula is C19H23ClFN3O4. The molecule has 1 aromatic carbocycles. The van der Waals surface area contributed by atoms with Gasteiger partial charge in [-0.2, -0.15) is 0 Å². The number of halogens is 2. The van der Waals surface area contributed by atoms with E-state index in [0.717, 1.165) is 6.07 Å². The van der Waals surface area contributed by atoms with E-state index in [-0.39, 0.29) is 46.2 Å². The lowest BCUT2D eigenvalue weighted by molar-refractivity contribution is -0.153. The van der Waals surface area contributed by atoms with Gasteiger partial charge in [0.15, 0.2) is 6.61 Å². The van der Waals surface area contributed by atoms with E-state index in [0.29, 0.717) is 38.6 Å². The van der Waals surface area contributed by atoms with E-state index in [1.54, 1.807) is 0 Å². The van der Waals surface area contributed by atoms with Gasteiger partial charge in [0, 0.05) is 23.7 Å². The smallest absolute Gasteiger partial charge is 0.258 e. The molecule has 2 atom stereocenters. The molecule has 3 aliphatic carbocycles. The molecule has 2 bridgehead atoms. The van der Waals surface area contributed by atoms with Gasteiger partial charge in [-0.15, -0.1) is 0 Å². The highest BCUT2D eigenvalue weighted by Crippen LogP contribution is 2.60. The van der Waals surface area contributed by atoms with Crippen LogP contribution in [-0.2, 0) is 9.59 Å². The van der Waals surface area contributed by atoms with Gasteiger partial charge in [0.25, 0.3) is 5.91 Å². The third-order valence-corrected chi connectivity index (χ3v) is 6.15. The zero-order valence-corrected chi connectivity index (χ0v) is 16.0. The molecule has 1 saturated heterocycles. The summed E-state index contributed by atoms with van der Waals surface area (Å²) in [6, 6.07) is 4.02. The number of nitrogens with one attached hydrogen (secondary N) is 3.